The molecule has 0 radical (unpaired) electrons. The minimum Gasteiger partial charge on any atom is -0.387 e. The largest absolute Gasteiger partial charge is 0.387 e. The fourth-order valence-electron chi connectivity index (χ4n) is 2.27. The van der Waals surface area contributed by atoms with Crippen LogP contribution in [0.3, 0.4) is 0 Å². The van der Waals surface area contributed by atoms with Crippen molar-refractivity contribution in [2.45, 2.75) is 0 Å². The second-order valence-electron chi connectivity index (χ2n) is 5.45. The van der Waals surface area contributed by atoms with E-state index in [0.717, 1.165) is 11.0 Å². The van der Waals surface area contributed by atoms with E-state index in [1.54, 1.807) is 7.05 Å². The van der Waals surface area contributed by atoms with Crippen molar-refractivity contribution >= 4 is 28.9 Å². The first-order valence-electron chi connectivity index (χ1n) is 7.59. The van der Waals surface area contributed by atoms with E-state index in [0.29, 0.717) is 11.4 Å². The van der Waals surface area contributed by atoms with Gasteiger partial charge >= 0.3 is 0 Å². The van der Waals surface area contributed by atoms with Gasteiger partial charge in [0, 0.05) is 37.6 Å². The Morgan fingerprint density at radius 1 is 1.19 bits per heavy atom. The topological polar surface area (TPSA) is 105 Å². The van der Waals surface area contributed by atoms with Gasteiger partial charge in [-0.1, -0.05) is 0 Å². The van der Waals surface area contributed by atoms with E-state index in [9.17, 15) is 24.1 Å². The zero-order chi connectivity index (χ0) is 19.3. The molecular formula is C17H17FN4O4. The Balaban J connectivity index is 2.11. The van der Waals surface area contributed by atoms with Crippen LogP contribution in [0.4, 0.5) is 21.5 Å². The zero-order valence-corrected chi connectivity index (χ0v) is 14.2. The molecule has 0 aliphatic rings. The lowest BCUT2D eigenvalue weighted by Crippen LogP contribution is -2.35. The predicted molar refractivity (Wildman–Crippen MR) is 94.6 cm³/mol. The van der Waals surface area contributed by atoms with Crippen molar-refractivity contribution in [1.29, 1.82) is 0 Å². The summed E-state index contributed by atoms with van der Waals surface area (Å²) >= 11 is 0. The molecule has 0 aliphatic heterocycles. The first-order chi connectivity index (χ1) is 12.3. The summed E-state index contributed by atoms with van der Waals surface area (Å²) in [6.07, 6.45) is 0. The number of non-ortho nitro benzene ring substituents is 1. The third-order valence-corrected chi connectivity index (χ3v) is 3.57. The molecule has 136 valence electrons. The smallest absolute Gasteiger partial charge is 0.270 e. The number of halogens is 1. The average molecular weight is 360 g/mol. The van der Waals surface area contributed by atoms with Crippen molar-refractivity contribution in [3.63, 3.8) is 0 Å². The van der Waals surface area contributed by atoms with Gasteiger partial charge in [-0.3, -0.25) is 19.7 Å². The Kier molecular flexibility index (Phi) is 5.84. The van der Waals surface area contributed by atoms with Crippen LogP contribution in [0.15, 0.2) is 42.5 Å². The van der Waals surface area contributed by atoms with Crippen molar-refractivity contribution in [1.82, 2.24) is 4.90 Å². The van der Waals surface area contributed by atoms with E-state index in [2.05, 4.69) is 10.6 Å². The fraction of sp³-hybridized carbons (Fsp3) is 0.176. The molecule has 2 amide bonds. The highest BCUT2D eigenvalue weighted by Crippen LogP contribution is 2.23. The molecule has 2 rings (SSSR count). The molecule has 26 heavy (non-hydrogen) atoms. The SMILES string of the molecule is CNc1ccc([N+](=O)[O-])cc1C(=O)N(C)CC(=O)Nc1ccc(F)cc1. The normalized spacial score (nSPS) is 10.1. The first kappa shape index (κ1) is 18.8. The van der Waals surface area contributed by atoms with Crippen LogP contribution < -0.4 is 10.6 Å². The number of hydrogen-bond acceptors (Lipinski definition) is 5. The maximum absolute atomic E-state index is 12.9. The highest BCUT2D eigenvalue weighted by molar-refractivity contribution is 6.03. The Morgan fingerprint density at radius 2 is 1.85 bits per heavy atom. The molecule has 0 saturated heterocycles. The molecule has 0 aliphatic carbocycles. The van der Waals surface area contributed by atoms with Gasteiger partial charge in [0.05, 0.1) is 17.0 Å². The molecule has 0 fully saturated rings. The van der Waals surface area contributed by atoms with Gasteiger partial charge in [-0.2, -0.15) is 0 Å². The van der Waals surface area contributed by atoms with E-state index in [1.807, 2.05) is 0 Å². The predicted octanol–water partition coefficient (Wildman–Crippen LogP) is 2.49. The van der Waals surface area contributed by atoms with Crippen LogP contribution in [-0.2, 0) is 4.79 Å². The summed E-state index contributed by atoms with van der Waals surface area (Å²) in [7, 11) is 2.99. The monoisotopic (exact) mass is 360 g/mol. The van der Waals surface area contributed by atoms with Gasteiger partial charge in [0.1, 0.15) is 5.82 Å². The third kappa shape index (κ3) is 4.53. The van der Waals surface area contributed by atoms with Crippen molar-refractivity contribution in [2.75, 3.05) is 31.3 Å². The Morgan fingerprint density at radius 3 is 2.42 bits per heavy atom. The van der Waals surface area contributed by atoms with Gasteiger partial charge in [0.2, 0.25) is 5.91 Å². The highest BCUT2D eigenvalue weighted by Gasteiger charge is 2.21. The van der Waals surface area contributed by atoms with Crippen LogP contribution in [-0.4, -0.2) is 42.3 Å². The molecular weight excluding hydrogens is 343 g/mol. The number of nitrogens with one attached hydrogen (secondary N) is 2. The minimum atomic E-state index is -0.600. The molecule has 0 heterocycles. The van der Waals surface area contributed by atoms with Crippen molar-refractivity contribution in [3.8, 4) is 0 Å². The van der Waals surface area contributed by atoms with Crippen molar-refractivity contribution in [2.24, 2.45) is 0 Å². The second kappa shape index (κ2) is 8.06. The maximum atomic E-state index is 12.9. The molecule has 2 aromatic carbocycles. The van der Waals surface area contributed by atoms with Crippen LogP contribution in [0.5, 0.6) is 0 Å². The van der Waals surface area contributed by atoms with Gasteiger partial charge in [-0.15, -0.1) is 0 Å². The molecule has 0 spiro atoms. The Hall–Kier alpha value is -3.49. The maximum Gasteiger partial charge on any atom is 0.270 e. The quantitative estimate of drug-likeness (QED) is 0.608. The Labute approximate surface area is 148 Å². The molecule has 2 N–H and O–H groups in total. The summed E-state index contributed by atoms with van der Waals surface area (Å²) in [6, 6.07) is 9.06. The molecule has 0 aromatic heterocycles. The third-order valence-electron chi connectivity index (χ3n) is 3.57. The fourth-order valence-corrected chi connectivity index (χ4v) is 2.27. The van der Waals surface area contributed by atoms with Gasteiger partial charge in [-0.25, -0.2) is 4.39 Å². The molecule has 9 heteroatoms. The summed E-state index contributed by atoms with van der Waals surface area (Å²) < 4.78 is 12.9. The molecule has 0 saturated carbocycles. The Bertz CT molecular complexity index is 839. The number of carbonyl (C=O) groups is 2. The van der Waals surface area contributed by atoms with Crippen molar-refractivity contribution in [3.05, 3.63) is 64.0 Å². The van der Waals surface area contributed by atoms with Gasteiger partial charge in [0.15, 0.2) is 0 Å². The number of amides is 2. The molecule has 8 nitrogen and oxygen atoms in total. The number of nitrogens with zero attached hydrogens (tertiary/aromatic N) is 2. The summed E-state index contributed by atoms with van der Waals surface area (Å²) in [5, 5.41) is 16.3. The number of carbonyl (C=O) groups excluding carboxylic acids is 2. The zero-order valence-electron chi connectivity index (χ0n) is 14.2. The van der Waals surface area contributed by atoms with Crippen LogP contribution in [0, 0.1) is 15.9 Å². The van der Waals surface area contributed by atoms with Crippen molar-refractivity contribution < 1.29 is 18.9 Å². The van der Waals surface area contributed by atoms with Gasteiger partial charge in [0.25, 0.3) is 11.6 Å². The van der Waals surface area contributed by atoms with Gasteiger partial charge < -0.3 is 15.5 Å². The number of nitro groups is 1. The number of rotatable bonds is 6. The minimum absolute atomic E-state index is 0.0822. The average Bonchev–Trinajstić information content (AvgIpc) is 2.62. The summed E-state index contributed by atoms with van der Waals surface area (Å²) in [4.78, 5) is 36.1. The van der Waals surface area contributed by atoms with Crippen LogP contribution in [0.2, 0.25) is 0 Å². The standard InChI is InChI=1S/C17H17FN4O4/c1-19-15-8-7-13(22(25)26)9-14(15)17(24)21(2)10-16(23)20-12-5-3-11(18)4-6-12/h3-9,19H,10H2,1-2H3,(H,20,23). The van der Waals surface area contributed by atoms with Crippen LogP contribution >= 0.6 is 0 Å². The van der Waals surface area contributed by atoms with Gasteiger partial charge in [-0.05, 0) is 30.3 Å². The van der Waals surface area contributed by atoms with Crippen LogP contribution in [0.1, 0.15) is 10.4 Å². The lowest BCUT2D eigenvalue weighted by atomic mass is 10.1. The molecule has 2 aromatic rings. The first-order valence-corrected chi connectivity index (χ1v) is 7.59. The van der Waals surface area contributed by atoms with E-state index < -0.39 is 22.6 Å². The van der Waals surface area contributed by atoms with E-state index in [4.69, 9.17) is 0 Å². The number of likely N-dealkylation sites (N-methyl/N-ethyl adjacent to an activating group) is 1. The number of nitro benzene ring substituents is 1. The van der Waals surface area contributed by atoms with E-state index >= 15 is 0 Å². The number of benzene rings is 2. The molecule has 0 unspecified atom stereocenters. The number of hydrogen-bond donors (Lipinski definition) is 2. The highest BCUT2D eigenvalue weighted by atomic mass is 19.1. The summed E-state index contributed by atoms with van der Waals surface area (Å²) in [6.45, 7) is -0.276. The summed E-state index contributed by atoms with van der Waals surface area (Å²) in [5.74, 6) is -1.46. The molecule has 0 bridgehead atoms. The van der Waals surface area contributed by atoms with E-state index in [1.165, 1.54) is 43.4 Å². The second-order valence-corrected chi connectivity index (χ2v) is 5.45. The molecule has 0 atom stereocenters. The lowest BCUT2D eigenvalue weighted by molar-refractivity contribution is -0.384. The number of anilines is 2. The van der Waals surface area contributed by atoms with Crippen LogP contribution in [0.25, 0.3) is 0 Å². The lowest BCUT2D eigenvalue weighted by Gasteiger charge is -2.18. The summed E-state index contributed by atoms with van der Waals surface area (Å²) in [5.41, 5.74) is 0.658. The van der Waals surface area contributed by atoms with E-state index in [-0.39, 0.29) is 17.8 Å².